The van der Waals surface area contributed by atoms with Gasteiger partial charge < -0.3 is 9.84 Å². The van der Waals surface area contributed by atoms with Crippen LogP contribution >= 0.6 is 0 Å². The lowest BCUT2D eigenvalue weighted by Gasteiger charge is -2.48. The van der Waals surface area contributed by atoms with Gasteiger partial charge in [0.25, 0.3) is 0 Å². The van der Waals surface area contributed by atoms with Gasteiger partial charge >= 0.3 is 11.9 Å². The summed E-state index contributed by atoms with van der Waals surface area (Å²) in [4.78, 5) is 35.3. The van der Waals surface area contributed by atoms with E-state index in [1.807, 2.05) is 20.8 Å². The number of carboxylic acid groups (broad SMARTS) is 1. The van der Waals surface area contributed by atoms with Crippen molar-refractivity contribution in [2.45, 2.75) is 58.5 Å². The summed E-state index contributed by atoms with van der Waals surface area (Å²) in [7, 11) is 0. The van der Waals surface area contributed by atoms with E-state index in [0.29, 0.717) is 19.4 Å². The Morgan fingerprint density at radius 3 is 2.38 bits per heavy atom. The molecule has 0 radical (unpaired) electrons. The predicted octanol–water partition coefficient (Wildman–Crippen LogP) is 1.03. The largest absolute Gasteiger partial charge is 0.480 e. The fraction of sp³-hybridized carbons (Fsp3) is 0.786. The SMILES string of the molecule is CCOC(=O)CC(=O)N1C(C(=O)O)CCCN1C(C)(C)C. The number of carbonyl (C=O) groups is 3. The molecule has 0 aromatic rings. The molecule has 120 valence electrons. The number of rotatable bonds is 4. The minimum absolute atomic E-state index is 0.192. The second-order valence-corrected chi connectivity index (χ2v) is 6.01. The van der Waals surface area contributed by atoms with Gasteiger partial charge in [0.1, 0.15) is 12.5 Å². The standard InChI is InChI=1S/C14H24N2O5/c1-5-21-12(18)9-11(17)16-10(13(19)20)7-6-8-15(16)14(2,3)4/h10H,5-9H2,1-4H3,(H,19,20). The van der Waals surface area contributed by atoms with Crippen LogP contribution in [0.25, 0.3) is 0 Å². The Labute approximate surface area is 124 Å². The second kappa shape index (κ2) is 6.89. The van der Waals surface area contributed by atoms with Crippen LogP contribution < -0.4 is 0 Å². The minimum atomic E-state index is -1.05. The summed E-state index contributed by atoms with van der Waals surface area (Å²) in [6.07, 6.45) is 0.637. The van der Waals surface area contributed by atoms with Gasteiger partial charge in [-0.15, -0.1) is 0 Å². The van der Waals surface area contributed by atoms with Crippen LogP contribution in [0.1, 0.15) is 47.0 Å². The van der Waals surface area contributed by atoms with Gasteiger partial charge in [-0.05, 0) is 40.5 Å². The Bertz CT molecular complexity index is 416. The fourth-order valence-electron chi connectivity index (χ4n) is 2.44. The molecule has 0 bridgehead atoms. The highest BCUT2D eigenvalue weighted by atomic mass is 16.5. The monoisotopic (exact) mass is 300 g/mol. The van der Waals surface area contributed by atoms with E-state index in [1.54, 1.807) is 11.9 Å². The summed E-state index contributed by atoms with van der Waals surface area (Å²) in [5, 5.41) is 12.3. The molecule has 1 heterocycles. The first kappa shape index (κ1) is 17.4. The number of hydrogen-bond donors (Lipinski definition) is 1. The van der Waals surface area contributed by atoms with Gasteiger partial charge in [0.15, 0.2) is 0 Å². The highest BCUT2D eigenvalue weighted by Gasteiger charge is 2.41. The van der Waals surface area contributed by atoms with Crippen molar-refractivity contribution in [2.75, 3.05) is 13.2 Å². The van der Waals surface area contributed by atoms with E-state index in [2.05, 4.69) is 0 Å². The van der Waals surface area contributed by atoms with Crippen LogP contribution in [-0.4, -0.2) is 57.7 Å². The number of hydrazine groups is 1. The number of ether oxygens (including phenoxy) is 1. The first-order chi connectivity index (χ1) is 9.68. The van der Waals surface area contributed by atoms with Crippen molar-refractivity contribution in [1.29, 1.82) is 0 Å². The zero-order chi connectivity index (χ0) is 16.2. The molecule has 1 rings (SSSR count). The summed E-state index contributed by atoms with van der Waals surface area (Å²) < 4.78 is 4.77. The highest BCUT2D eigenvalue weighted by molar-refractivity contribution is 5.95. The van der Waals surface area contributed by atoms with Gasteiger partial charge in [0, 0.05) is 12.1 Å². The Balaban J connectivity index is 2.98. The predicted molar refractivity (Wildman–Crippen MR) is 75.2 cm³/mol. The lowest BCUT2D eigenvalue weighted by molar-refractivity contribution is -0.189. The van der Waals surface area contributed by atoms with Crippen LogP contribution in [0.15, 0.2) is 0 Å². The normalized spacial score (nSPS) is 20.2. The third-order valence-electron chi connectivity index (χ3n) is 3.32. The summed E-state index contributed by atoms with van der Waals surface area (Å²) in [6, 6.07) is -0.931. The van der Waals surface area contributed by atoms with Crippen LogP contribution in [0.3, 0.4) is 0 Å². The molecule has 1 fully saturated rings. The van der Waals surface area contributed by atoms with Crippen LogP contribution in [0, 0.1) is 0 Å². The van der Waals surface area contributed by atoms with E-state index in [-0.39, 0.29) is 6.61 Å². The number of esters is 1. The van der Waals surface area contributed by atoms with E-state index >= 15 is 0 Å². The topological polar surface area (TPSA) is 87.2 Å². The average molecular weight is 300 g/mol. The number of hydrogen-bond acceptors (Lipinski definition) is 5. The third kappa shape index (κ3) is 4.42. The summed E-state index contributed by atoms with van der Waals surface area (Å²) >= 11 is 0. The highest BCUT2D eigenvalue weighted by Crippen LogP contribution is 2.27. The van der Waals surface area contributed by atoms with Gasteiger partial charge in [0.2, 0.25) is 5.91 Å². The molecule has 1 aliphatic heterocycles. The van der Waals surface area contributed by atoms with E-state index < -0.39 is 35.8 Å². The zero-order valence-corrected chi connectivity index (χ0v) is 13.1. The van der Waals surface area contributed by atoms with E-state index in [0.717, 1.165) is 0 Å². The molecule has 0 saturated carbocycles. The van der Waals surface area contributed by atoms with Crippen molar-refractivity contribution in [3.8, 4) is 0 Å². The van der Waals surface area contributed by atoms with Gasteiger partial charge in [0.05, 0.1) is 6.61 Å². The number of amides is 1. The maximum absolute atomic E-state index is 12.4. The lowest BCUT2D eigenvalue weighted by Crippen LogP contribution is -2.63. The number of nitrogens with zero attached hydrogens (tertiary/aromatic N) is 2. The smallest absolute Gasteiger partial charge is 0.328 e. The molecular formula is C14H24N2O5. The van der Waals surface area contributed by atoms with Crippen molar-refractivity contribution in [3.63, 3.8) is 0 Å². The summed E-state index contributed by atoms with van der Waals surface area (Å²) in [6.45, 7) is 8.15. The lowest BCUT2D eigenvalue weighted by atomic mass is 10.0. The van der Waals surface area contributed by atoms with Crippen LogP contribution in [0.5, 0.6) is 0 Å². The van der Waals surface area contributed by atoms with Crippen molar-refractivity contribution in [1.82, 2.24) is 10.0 Å². The Morgan fingerprint density at radius 2 is 1.90 bits per heavy atom. The van der Waals surface area contributed by atoms with E-state index in [4.69, 9.17) is 4.74 Å². The molecule has 1 saturated heterocycles. The molecule has 0 spiro atoms. The molecule has 0 aromatic heterocycles. The Hall–Kier alpha value is -1.63. The molecule has 21 heavy (non-hydrogen) atoms. The van der Waals surface area contributed by atoms with Gasteiger partial charge in [-0.3, -0.25) is 14.6 Å². The van der Waals surface area contributed by atoms with Crippen LogP contribution in [0.4, 0.5) is 0 Å². The van der Waals surface area contributed by atoms with Crippen molar-refractivity contribution in [3.05, 3.63) is 0 Å². The first-order valence-corrected chi connectivity index (χ1v) is 7.16. The molecule has 7 nitrogen and oxygen atoms in total. The fourth-order valence-corrected chi connectivity index (χ4v) is 2.44. The first-order valence-electron chi connectivity index (χ1n) is 7.16. The summed E-state index contributed by atoms with van der Waals surface area (Å²) in [5.74, 6) is -2.22. The minimum Gasteiger partial charge on any atom is -0.480 e. The van der Waals surface area contributed by atoms with Gasteiger partial charge in [-0.2, -0.15) is 0 Å². The Kier molecular flexibility index (Phi) is 5.71. The quantitative estimate of drug-likeness (QED) is 0.616. The summed E-state index contributed by atoms with van der Waals surface area (Å²) in [5.41, 5.74) is -0.404. The average Bonchev–Trinajstić information content (AvgIpc) is 2.36. The van der Waals surface area contributed by atoms with Gasteiger partial charge in [-0.25, -0.2) is 9.80 Å². The van der Waals surface area contributed by atoms with Gasteiger partial charge in [-0.1, -0.05) is 0 Å². The number of carbonyl (C=O) groups excluding carboxylic acids is 2. The van der Waals surface area contributed by atoms with Crippen molar-refractivity contribution in [2.24, 2.45) is 0 Å². The Morgan fingerprint density at radius 1 is 1.29 bits per heavy atom. The van der Waals surface area contributed by atoms with E-state index in [9.17, 15) is 19.5 Å². The molecule has 1 N–H and O–H groups in total. The number of aliphatic carboxylic acids is 1. The zero-order valence-electron chi connectivity index (χ0n) is 13.1. The molecule has 1 amide bonds. The van der Waals surface area contributed by atoms with Crippen molar-refractivity contribution >= 4 is 17.8 Å². The van der Waals surface area contributed by atoms with Crippen LogP contribution in [-0.2, 0) is 19.1 Å². The molecule has 7 heteroatoms. The van der Waals surface area contributed by atoms with Crippen molar-refractivity contribution < 1.29 is 24.2 Å². The molecule has 0 aliphatic carbocycles. The van der Waals surface area contributed by atoms with E-state index in [1.165, 1.54) is 5.01 Å². The number of carboxylic acids is 1. The van der Waals surface area contributed by atoms with Crippen LogP contribution in [0.2, 0.25) is 0 Å². The maximum atomic E-state index is 12.4. The maximum Gasteiger partial charge on any atom is 0.328 e. The molecule has 1 atom stereocenters. The second-order valence-electron chi connectivity index (χ2n) is 6.01. The third-order valence-corrected chi connectivity index (χ3v) is 3.32. The molecule has 1 aliphatic rings. The molecule has 0 aromatic carbocycles. The molecular weight excluding hydrogens is 276 g/mol. The molecule has 1 unspecified atom stereocenters.